The van der Waals surface area contributed by atoms with E-state index >= 15 is 0 Å². The number of aryl methyl sites for hydroxylation is 2. The van der Waals surface area contributed by atoms with Crippen molar-refractivity contribution in [3.63, 3.8) is 0 Å². The highest BCUT2D eigenvalue weighted by atomic mass is 19.1. The topological polar surface area (TPSA) is 103 Å². The van der Waals surface area contributed by atoms with E-state index in [1.165, 1.54) is 19.2 Å². The Bertz CT molecular complexity index is 1890. The fraction of sp³-hybridized carbons (Fsp3) is 0.111. The zero-order valence-corrected chi connectivity index (χ0v) is 20.3. The van der Waals surface area contributed by atoms with Crippen LogP contribution in [-0.2, 0) is 14.1 Å². The molecule has 0 fully saturated rings. The minimum Gasteiger partial charge on any atom is -0.355 e. The number of carbonyl (C=O) groups is 1. The molecule has 0 aliphatic carbocycles. The number of aromatic nitrogens is 6. The molecule has 0 unspecified atom stereocenters. The third-order valence-electron chi connectivity index (χ3n) is 6.68. The molecule has 0 aliphatic rings. The van der Waals surface area contributed by atoms with Gasteiger partial charge in [-0.2, -0.15) is 0 Å². The van der Waals surface area contributed by atoms with Gasteiger partial charge in [0, 0.05) is 26.8 Å². The van der Waals surface area contributed by atoms with Gasteiger partial charge in [-0.05, 0) is 53.6 Å². The van der Waals surface area contributed by atoms with Gasteiger partial charge in [0.2, 0.25) is 0 Å². The molecule has 184 valence electrons. The number of H-pyrrole nitrogens is 1. The lowest BCUT2D eigenvalue weighted by Gasteiger charge is -2.10. The van der Waals surface area contributed by atoms with Gasteiger partial charge in [0.25, 0.3) is 5.91 Å². The monoisotopic (exact) mass is 495 g/mol. The van der Waals surface area contributed by atoms with E-state index in [1.807, 2.05) is 41.0 Å². The first kappa shape index (κ1) is 22.5. The van der Waals surface area contributed by atoms with Crippen LogP contribution in [-0.4, -0.2) is 41.6 Å². The van der Waals surface area contributed by atoms with E-state index < -0.39 is 11.7 Å². The highest BCUT2D eigenvalue weighted by Gasteiger charge is 2.18. The molecule has 9 nitrogen and oxygen atoms in total. The first-order valence-corrected chi connectivity index (χ1v) is 11.6. The average Bonchev–Trinajstić information content (AvgIpc) is 3.62. The van der Waals surface area contributed by atoms with E-state index in [9.17, 15) is 14.0 Å². The zero-order valence-electron chi connectivity index (χ0n) is 20.3. The van der Waals surface area contributed by atoms with E-state index in [1.54, 1.807) is 41.8 Å². The summed E-state index contributed by atoms with van der Waals surface area (Å²) < 4.78 is 19.9. The van der Waals surface area contributed by atoms with Gasteiger partial charge < -0.3 is 10.3 Å². The van der Waals surface area contributed by atoms with E-state index in [0.29, 0.717) is 16.9 Å². The van der Waals surface area contributed by atoms with Crippen molar-refractivity contribution in [3.05, 3.63) is 89.0 Å². The molecule has 0 atom stereocenters. The summed E-state index contributed by atoms with van der Waals surface area (Å²) in [6.45, 7) is 0. The molecule has 3 aromatic heterocycles. The van der Waals surface area contributed by atoms with Crippen LogP contribution in [0.15, 0.2) is 71.9 Å². The Kier molecular flexibility index (Phi) is 5.04. The number of nitrogens with zero attached hydrogens (tertiary/aromatic N) is 5. The van der Waals surface area contributed by atoms with Crippen molar-refractivity contribution in [2.75, 3.05) is 7.05 Å². The van der Waals surface area contributed by atoms with Gasteiger partial charge >= 0.3 is 5.69 Å². The van der Waals surface area contributed by atoms with Crippen LogP contribution in [0.25, 0.3) is 50.4 Å². The normalized spacial score (nSPS) is 11.5. The summed E-state index contributed by atoms with van der Waals surface area (Å²) in [4.78, 5) is 36.5. The lowest BCUT2D eigenvalue weighted by molar-refractivity contribution is 0.0959. The van der Waals surface area contributed by atoms with Crippen LogP contribution in [0.4, 0.5) is 4.39 Å². The van der Waals surface area contributed by atoms with Crippen molar-refractivity contribution in [3.8, 4) is 28.3 Å². The van der Waals surface area contributed by atoms with Crippen molar-refractivity contribution in [2.45, 2.75) is 0 Å². The predicted molar refractivity (Wildman–Crippen MR) is 139 cm³/mol. The number of hydrogen-bond donors (Lipinski definition) is 2. The Labute approximate surface area is 209 Å². The second kappa shape index (κ2) is 8.30. The Balaban J connectivity index is 1.54. The second-order valence-corrected chi connectivity index (χ2v) is 8.79. The maximum atomic E-state index is 14.6. The summed E-state index contributed by atoms with van der Waals surface area (Å²) in [5.41, 5.74) is 5.98. The van der Waals surface area contributed by atoms with Crippen molar-refractivity contribution in [1.29, 1.82) is 0 Å². The van der Waals surface area contributed by atoms with E-state index in [2.05, 4.69) is 15.3 Å². The summed E-state index contributed by atoms with van der Waals surface area (Å²) in [5, 5.41) is 2.44. The lowest BCUT2D eigenvalue weighted by Crippen LogP contribution is -2.19. The van der Waals surface area contributed by atoms with Crippen LogP contribution in [0.1, 0.15) is 10.4 Å². The summed E-state index contributed by atoms with van der Waals surface area (Å²) >= 11 is 0. The molecular weight excluding hydrogens is 473 g/mol. The molecule has 0 radical (unpaired) electrons. The van der Waals surface area contributed by atoms with Crippen molar-refractivity contribution in [1.82, 2.24) is 34.0 Å². The molecule has 0 saturated carbocycles. The van der Waals surface area contributed by atoms with Crippen LogP contribution in [0.2, 0.25) is 0 Å². The number of nitrogens with one attached hydrogen (secondary N) is 2. The number of fused-ring (bicyclic) bond motifs is 2. The number of rotatable bonds is 4. The molecule has 0 spiro atoms. The quantitative estimate of drug-likeness (QED) is 0.389. The van der Waals surface area contributed by atoms with Crippen LogP contribution >= 0.6 is 0 Å². The molecule has 3 aromatic carbocycles. The van der Waals surface area contributed by atoms with Crippen molar-refractivity contribution < 1.29 is 9.18 Å². The lowest BCUT2D eigenvalue weighted by atomic mass is 10.0. The maximum absolute atomic E-state index is 14.6. The Morgan fingerprint density at radius 3 is 2.41 bits per heavy atom. The molecule has 10 heteroatoms. The smallest absolute Gasteiger partial charge is 0.328 e. The zero-order chi connectivity index (χ0) is 25.8. The molecule has 3 heterocycles. The number of amides is 1. The second-order valence-electron chi connectivity index (χ2n) is 8.79. The number of imidazole rings is 3. The van der Waals surface area contributed by atoms with Crippen LogP contribution in [0.5, 0.6) is 0 Å². The van der Waals surface area contributed by atoms with E-state index in [-0.39, 0.29) is 11.3 Å². The highest BCUT2D eigenvalue weighted by molar-refractivity contribution is 5.95. The van der Waals surface area contributed by atoms with Gasteiger partial charge in [0.15, 0.2) is 5.82 Å². The minimum absolute atomic E-state index is 0.0103. The first-order chi connectivity index (χ1) is 17.9. The van der Waals surface area contributed by atoms with Crippen LogP contribution in [0, 0.1) is 5.82 Å². The Hall–Kier alpha value is -4.99. The number of benzene rings is 3. The van der Waals surface area contributed by atoms with Crippen molar-refractivity contribution >= 4 is 28.0 Å². The molecule has 6 rings (SSSR count). The summed E-state index contributed by atoms with van der Waals surface area (Å²) in [7, 11) is 4.96. The molecule has 6 aromatic rings. The SMILES string of the molecule is CNC(=O)c1ccc(-c2ccc3c(c2)nc(-c2cnc[nH]2)n3-c2ccc3c(c2)n(C)c(=O)n3C)cc1F. The molecule has 0 aliphatic heterocycles. The Morgan fingerprint density at radius 1 is 0.946 bits per heavy atom. The van der Waals surface area contributed by atoms with Gasteiger partial charge in [-0.3, -0.25) is 18.5 Å². The molecular formula is C27H22FN7O2. The maximum Gasteiger partial charge on any atom is 0.328 e. The predicted octanol–water partition coefficient (Wildman–Crippen LogP) is 3.77. The van der Waals surface area contributed by atoms with Gasteiger partial charge in [-0.15, -0.1) is 0 Å². The van der Waals surface area contributed by atoms with Gasteiger partial charge in [0.1, 0.15) is 11.5 Å². The summed E-state index contributed by atoms with van der Waals surface area (Å²) in [6, 6.07) is 16.1. The summed E-state index contributed by atoms with van der Waals surface area (Å²) in [6.07, 6.45) is 3.29. The van der Waals surface area contributed by atoms with Gasteiger partial charge in [-0.25, -0.2) is 19.2 Å². The minimum atomic E-state index is -0.595. The number of halogens is 1. The van der Waals surface area contributed by atoms with Gasteiger partial charge in [-0.1, -0.05) is 12.1 Å². The van der Waals surface area contributed by atoms with E-state index in [0.717, 1.165) is 33.5 Å². The highest BCUT2D eigenvalue weighted by Crippen LogP contribution is 2.32. The molecule has 2 N–H and O–H groups in total. The first-order valence-electron chi connectivity index (χ1n) is 11.6. The molecule has 1 amide bonds. The van der Waals surface area contributed by atoms with Crippen molar-refractivity contribution in [2.24, 2.45) is 14.1 Å². The summed E-state index contributed by atoms with van der Waals surface area (Å²) in [5.74, 6) is -0.427. The third kappa shape index (κ3) is 3.45. The van der Waals surface area contributed by atoms with E-state index in [4.69, 9.17) is 4.98 Å². The van der Waals surface area contributed by atoms with Crippen LogP contribution < -0.4 is 11.0 Å². The fourth-order valence-electron chi connectivity index (χ4n) is 4.73. The average molecular weight is 496 g/mol. The number of aromatic amines is 1. The fourth-order valence-corrected chi connectivity index (χ4v) is 4.73. The standard InChI is InChI=1S/C27H22FN7O2/c1-29-26(36)18-7-4-15(10-19(18)28)16-5-8-22-20(11-16)32-25(21-13-30-14-31-21)35(22)17-6-9-23-24(12-17)34(3)27(37)33(23)2/h4-14H,1-3H3,(H,29,36)(H,30,31). The number of hydrogen-bond acceptors (Lipinski definition) is 4. The van der Waals surface area contributed by atoms with Gasteiger partial charge in [0.05, 0.1) is 40.2 Å². The largest absolute Gasteiger partial charge is 0.355 e. The Morgan fingerprint density at radius 2 is 1.68 bits per heavy atom. The molecule has 0 saturated heterocycles. The van der Waals surface area contributed by atoms with Crippen LogP contribution in [0.3, 0.4) is 0 Å². The molecule has 0 bridgehead atoms. The number of carbonyl (C=O) groups excluding carboxylic acids is 1. The molecule has 37 heavy (non-hydrogen) atoms. The third-order valence-corrected chi connectivity index (χ3v) is 6.68.